The van der Waals surface area contributed by atoms with E-state index in [1.165, 1.54) is 17.4 Å². The lowest BCUT2D eigenvalue weighted by Crippen LogP contribution is -2.46. The average Bonchev–Trinajstić information content (AvgIpc) is 3.26. The zero-order valence-electron chi connectivity index (χ0n) is 15.6. The van der Waals surface area contributed by atoms with Gasteiger partial charge in [-0.1, -0.05) is 30.3 Å². The fraction of sp³-hybridized carbons (Fsp3) is 0.263. The Kier molecular flexibility index (Phi) is 7.31. The first-order valence-corrected chi connectivity index (χ1v) is 9.88. The highest BCUT2D eigenvalue weighted by Crippen LogP contribution is 2.21. The first-order valence-electron chi connectivity index (χ1n) is 9.00. The van der Waals surface area contributed by atoms with Crippen molar-refractivity contribution in [1.29, 1.82) is 0 Å². The van der Waals surface area contributed by atoms with E-state index >= 15 is 0 Å². The Labute approximate surface area is 171 Å². The molecule has 10 heteroatoms. The molecule has 1 saturated heterocycles. The van der Waals surface area contributed by atoms with E-state index in [0.29, 0.717) is 13.2 Å². The zero-order valence-corrected chi connectivity index (χ0v) is 16.4. The van der Waals surface area contributed by atoms with Crippen molar-refractivity contribution in [2.24, 2.45) is 0 Å². The van der Waals surface area contributed by atoms with Gasteiger partial charge in [-0.05, 0) is 11.6 Å². The van der Waals surface area contributed by atoms with Crippen LogP contribution >= 0.6 is 11.3 Å². The van der Waals surface area contributed by atoms with Crippen LogP contribution in [0.1, 0.15) is 16.1 Å². The Morgan fingerprint density at radius 3 is 2.66 bits per heavy atom. The van der Waals surface area contributed by atoms with Gasteiger partial charge < -0.3 is 15.0 Å². The van der Waals surface area contributed by atoms with E-state index < -0.39 is 17.7 Å². The van der Waals surface area contributed by atoms with Crippen LogP contribution in [0.5, 0.6) is 0 Å². The summed E-state index contributed by atoms with van der Waals surface area (Å²) in [6, 6.07) is 9.31. The topological polar surface area (TPSA) is 113 Å². The van der Waals surface area contributed by atoms with Gasteiger partial charge in [-0.15, -0.1) is 11.3 Å². The highest BCUT2D eigenvalue weighted by molar-refractivity contribution is 7.13. The third-order valence-electron chi connectivity index (χ3n) is 3.97. The van der Waals surface area contributed by atoms with Crippen LogP contribution in [0.4, 0.5) is 5.13 Å². The van der Waals surface area contributed by atoms with E-state index in [-0.39, 0.29) is 12.2 Å². The standard InChI is InChI=1S/C19H21N5O4S/c25-16(7-6-14-4-2-1-3-5-14)20-12-17(26)22-23-18(27)15-13-29-19(21-15)24-8-10-28-11-9-24/h1-7,13H,8-12H2,(H,20,25)(H,22,26)(H,23,27)/b7-6+. The Morgan fingerprint density at radius 1 is 1.14 bits per heavy atom. The largest absolute Gasteiger partial charge is 0.378 e. The number of hydrogen-bond acceptors (Lipinski definition) is 7. The summed E-state index contributed by atoms with van der Waals surface area (Å²) >= 11 is 1.36. The lowest BCUT2D eigenvalue weighted by atomic mass is 10.2. The molecular weight excluding hydrogens is 394 g/mol. The second kappa shape index (κ2) is 10.3. The highest BCUT2D eigenvalue weighted by atomic mass is 32.1. The normalized spacial score (nSPS) is 13.9. The molecule has 3 rings (SSSR count). The van der Waals surface area contributed by atoms with Crippen LogP contribution in [-0.4, -0.2) is 55.6 Å². The number of amides is 3. The molecule has 29 heavy (non-hydrogen) atoms. The van der Waals surface area contributed by atoms with Crippen molar-refractivity contribution >= 4 is 40.3 Å². The molecule has 0 atom stereocenters. The average molecular weight is 415 g/mol. The van der Waals surface area contributed by atoms with Gasteiger partial charge in [0.05, 0.1) is 19.8 Å². The molecule has 0 saturated carbocycles. The fourth-order valence-electron chi connectivity index (χ4n) is 2.47. The number of ether oxygens (including phenoxy) is 1. The third-order valence-corrected chi connectivity index (χ3v) is 4.87. The molecule has 1 aromatic heterocycles. The zero-order chi connectivity index (χ0) is 20.5. The fourth-order valence-corrected chi connectivity index (χ4v) is 3.33. The molecule has 2 aromatic rings. The van der Waals surface area contributed by atoms with Gasteiger partial charge in [-0.25, -0.2) is 4.98 Å². The predicted molar refractivity (Wildman–Crippen MR) is 109 cm³/mol. The summed E-state index contributed by atoms with van der Waals surface area (Å²) in [6.45, 7) is 2.44. The molecule has 0 spiro atoms. The van der Waals surface area contributed by atoms with Crippen molar-refractivity contribution in [2.75, 3.05) is 37.7 Å². The maximum Gasteiger partial charge on any atom is 0.289 e. The Balaban J connectivity index is 1.38. The van der Waals surface area contributed by atoms with Gasteiger partial charge >= 0.3 is 0 Å². The molecular formula is C19H21N5O4S. The van der Waals surface area contributed by atoms with Crippen LogP contribution in [0.3, 0.4) is 0 Å². The summed E-state index contributed by atoms with van der Waals surface area (Å²) in [5, 5.41) is 4.81. The Bertz CT molecular complexity index is 878. The van der Waals surface area contributed by atoms with Gasteiger partial charge in [0.2, 0.25) is 5.91 Å². The molecule has 152 valence electrons. The summed E-state index contributed by atoms with van der Waals surface area (Å²) in [6.07, 6.45) is 2.98. The van der Waals surface area contributed by atoms with Crippen molar-refractivity contribution in [3.63, 3.8) is 0 Å². The summed E-state index contributed by atoms with van der Waals surface area (Å²) in [4.78, 5) is 42.0. The second-order valence-corrected chi connectivity index (χ2v) is 6.92. The molecule has 3 N–H and O–H groups in total. The number of aromatic nitrogens is 1. The summed E-state index contributed by atoms with van der Waals surface area (Å²) in [7, 11) is 0. The molecule has 1 aliphatic rings. The number of benzene rings is 1. The third kappa shape index (κ3) is 6.40. The van der Waals surface area contributed by atoms with Crippen molar-refractivity contribution in [3.05, 3.63) is 53.0 Å². The van der Waals surface area contributed by atoms with E-state index in [2.05, 4.69) is 21.2 Å². The number of hydrazine groups is 1. The molecule has 1 aliphatic heterocycles. The molecule has 3 amide bonds. The van der Waals surface area contributed by atoms with Gasteiger partial charge in [0.15, 0.2) is 5.13 Å². The van der Waals surface area contributed by atoms with Crippen LogP contribution in [0, 0.1) is 0 Å². The number of morpholine rings is 1. The minimum absolute atomic E-state index is 0.214. The SMILES string of the molecule is O=C(/C=C/c1ccccc1)NCC(=O)NNC(=O)c1csc(N2CCOCC2)n1. The number of anilines is 1. The lowest BCUT2D eigenvalue weighted by molar-refractivity contribution is -0.124. The van der Waals surface area contributed by atoms with Crippen LogP contribution < -0.4 is 21.1 Å². The quantitative estimate of drug-likeness (QED) is 0.470. The van der Waals surface area contributed by atoms with E-state index in [1.807, 2.05) is 35.2 Å². The van der Waals surface area contributed by atoms with Crippen LogP contribution in [0.15, 0.2) is 41.8 Å². The first kappa shape index (κ1) is 20.5. The molecule has 9 nitrogen and oxygen atoms in total. The summed E-state index contributed by atoms with van der Waals surface area (Å²) < 4.78 is 5.29. The predicted octanol–water partition coefficient (Wildman–Crippen LogP) is 0.570. The smallest absolute Gasteiger partial charge is 0.289 e. The summed E-state index contributed by atoms with van der Waals surface area (Å²) in [5.74, 6) is -1.49. The van der Waals surface area contributed by atoms with Crippen LogP contribution in [0.25, 0.3) is 6.08 Å². The highest BCUT2D eigenvalue weighted by Gasteiger charge is 2.17. The maximum atomic E-state index is 12.1. The molecule has 0 bridgehead atoms. The molecule has 0 radical (unpaired) electrons. The minimum atomic E-state index is -0.552. The molecule has 2 heterocycles. The monoisotopic (exact) mass is 415 g/mol. The number of nitrogens with zero attached hydrogens (tertiary/aromatic N) is 2. The van der Waals surface area contributed by atoms with Gasteiger partial charge in [-0.2, -0.15) is 0 Å². The number of hydrogen-bond donors (Lipinski definition) is 3. The molecule has 0 aliphatic carbocycles. The first-order chi connectivity index (χ1) is 14.1. The lowest BCUT2D eigenvalue weighted by Gasteiger charge is -2.25. The maximum absolute atomic E-state index is 12.1. The van der Waals surface area contributed by atoms with E-state index in [0.717, 1.165) is 23.8 Å². The summed E-state index contributed by atoms with van der Waals surface area (Å²) in [5.41, 5.74) is 5.63. The Morgan fingerprint density at radius 2 is 1.90 bits per heavy atom. The minimum Gasteiger partial charge on any atom is -0.378 e. The van der Waals surface area contributed by atoms with Gasteiger partial charge in [-0.3, -0.25) is 25.2 Å². The van der Waals surface area contributed by atoms with Gasteiger partial charge in [0, 0.05) is 24.5 Å². The van der Waals surface area contributed by atoms with E-state index in [9.17, 15) is 14.4 Å². The molecule has 1 fully saturated rings. The van der Waals surface area contributed by atoms with E-state index in [4.69, 9.17) is 4.74 Å². The van der Waals surface area contributed by atoms with Crippen molar-refractivity contribution < 1.29 is 19.1 Å². The van der Waals surface area contributed by atoms with Gasteiger partial charge in [0.1, 0.15) is 5.69 Å². The van der Waals surface area contributed by atoms with E-state index in [1.54, 1.807) is 11.5 Å². The number of carbonyl (C=O) groups excluding carboxylic acids is 3. The number of nitrogens with one attached hydrogen (secondary N) is 3. The van der Waals surface area contributed by atoms with Gasteiger partial charge in [0.25, 0.3) is 11.8 Å². The number of rotatable bonds is 6. The van der Waals surface area contributed by atoms with Crippen molar-refractivity contribution in [1.82, 2.24) is 21.2 Å². The van der Waals surface area contributed by atoms with Crippen molar-refractivity contribution in [2.45, 2.75) is 0 Å². The van der Waals surface area contributed by atoms with Crippen LogP contribution in [-0.2, 0) is 14.3 Å². The second-order valence-electron chi connectivity index (χ2n) is 6.08. The Hall–Kier alpha value is -3.24. The molecule has 0 unspecified atom stereocenters. The number of carbonyl (C=O) groups is 3. The number of thiazole rings is 1. The van der Waals surface area contributed by atoms with Crippen molar-refractivity contribution in [3.8, 4) is 0 Å². The van der Waals surface area contributed by atoms with Crippen LogP contribution in [0.2, 0.25) is 0 Å². The molecule has 1 aromatic carbocycles.